The fraction of sp³-hybridized carbons (Fsp3) is 0.824. The van der Waals surface area contributed by atoms with Crippen LogP contribution in [0.4, 0.5) is 0 Å². The van der Waals surface area contributed by atoms with E-state index < -0.39 is 0 Å². The number of hydrogen-bond acceptors (Lipinski definition) is 5. The topological polar surface area (TPSA) is 73.6 Å². The second-order valence-corrected chi connectivity index (χ2v) is 7.04. The van der Waals surface area contributed by atoms with Crippen molar-refractivity contribution in [2.24, 2.45) is 12.0 Å². The molecule has 1 aromatic rings. The van der Waals surface area contributed by atoms with Crippen molar-refractivity contribution < 1.29 is 0 Å². The van der Waals surface area contributed by atoms with Crippen LogP contribution in [0, 0.1) is 6.92 Å². The molecule has 3 saturated heterocycles. The van der Waals surface area contributed by atoms with E-state index in [2.05, 4.69) is 37.6 Å². The molecule has 0 aromatic carbocycles. The third-order valence-electron chi connectivity index (χ3n) is 5.28. The third kappa shape index (κ3) is 4.70. The van der Waals surface area contributed by atoms with Crippen LogP contribution in [0.15, 0.2) is 4.99 Å². The zero-order chi connectivity index (χ0) is 17.6. The summed E-state index contributed by atoms with van der Waals surface area (Å²) in [6.45, 7) is 12.6. The van der Waals surface area contributed by atoms with Gasteiger partial charge in [-0.1, -0.05) is 13.3 Å². The number of piperazine rings is 3. The van der Waals surface area contributed by atoms with E-state index in [-0.39, 0.29) is 0 Å². The van der Waals surface area contributed by atoms with Crippen LogP contribution in [0.3, 0.4) is 0 Å². The first-order chi connectivity index (χ1) is 12.2. The van der Waals surface area contributed by atoms with Crippen molar-refractivity contribution in [2.75, 3.05) is 45.8 Å². The average molecular weight is 348 g/mol. The molecule has 2 N–H and O–H groups in total. The predicted molar refractivity (Wildman–Crippen MR) is 99.6 cm³/mol. The Labute approximate surface area is 150 Å². The van der Waals surface area contributed by atoms with E-state index in [4.69, 9.17) is 4.99 Å². The summed E-state index contributed by atoms with van der Waals surface area (Å²) < 4.78 is 1.99. The van der Waals surface area contributed by atoms with E-state index in [1.165, 1.54) is 32.6 Å². The minimum Gasteiger partial charge on any atom is -0.356 e. The predicted octanol–water partition coefficient (Wildman–Crippen LogP) is -0.0414. The van der Waals surface area contributed by atoms with Gasteiger partial charge in [-0.15, -0.1) is 10.2 Å². The second-order valence-electron chi connectivity index (χ2n) is 7.04. The normalized spacial score (nSPS) is 26.0. The van der Waals surface area contributed by atoms with Crippen LogP contribution in [-0.4, -0.2) is 82.4 Å². The zero-order valence-electron chi connectivity index (χ0n) is 15.8. The first-order valence-corrected chi connectivity index (χ1v) is 9.51. The standard InChI is InChI=1S/C17H32N8/c1-4-5-6-18-17(20-12-16-22-21-14(2)23(16)3)19-11-15-13-24-7-9-25(15)10-8-24/h15H,4-13H2,1-3H3,(H2,18,19,20). The number of rotatable bonds is 7. The highest BCUT2D eigenvalue weighted by Crippen LogP contribution is 2.14. The number of unbranched alkanes of at least 4 members (excludes halogenated alkanes) is 1. The number of aryl methyl sites for hydroxylation is 1. The van der Waals surface area contributed by atoms with E-state index in [0.717, 1.165) is 43.7 Å². The maximum atomic E-state index is 4.73. The molecule has 0 saturated carbocycles. The fourth-order valence-electron chi connectivity index (χ4n) is 3.43. The number of nitrogens with one attached hydrogen (secondary N) is 2. The molecule has 0 amide bonds. The van der Waals surface area contributed by atoms with Crippen molar-refractivity contribution in [3.63, 3.8) is 0 Å². The van der Waals surface area contributed by atoms with Crippen LogP contribution in [-0.2, 0) is 13.6 Å². The second kappa shape index (κ2) is 8.62. The highest BCUT2D eigenvalue weighted by atomic mass is 15.4. The molecule has 4 rings (SSSR count). The molecule has 2 bridgehead atoms. The Bertz CT molecular complexity index is 573. The van der Waals surface area contributed by atoms with Gasteiger partial charge in [0.15, 0.2) is 11.8 Å². The van der Waals surface area contributed by atoms with Crippen LogP contribution < -0.4 is 10.6 Å². The van der Waals surface area contributed by atoms with Gasteiger partial charge in [0, 0.05) is 58.9 Å². The Kier molecular flexibility index (Phi) is 6.25. The number of guanidine groups is 1. The summed E-state index contributed by atoms with van der Waals surface area (Å²) in [6, 6.07) is 0.581. The first kappa shape index (κ1) is 18.1. The number of aromatic nitrogens is 3. The van der Waals surface area contributed by atoms with Crippen molar-refractivity contribution in [1.29, 1.82) is 0 Å². The van der Waals surface area contributed by atoms with Gasteiger partial charge >= 0.3 is 0 Å². The van der Waals surface area contributed by atoms with E-state index >= 15 is 0 Å². The van der Waals surface area contributed by atoms with Crippen LogP contribution >= 0.6 is 0 Å². The van der Waals surface area contributed by atoms with E-state index in [9.17, 15) is 0 Å². The van der Waals surface area contributed by atoms with Crippen molar-refractivity contribution in [2.45, 2.75) is 39.3 Å². The first-order valence-electron chi connectivity index (χ1n) is 9.51. The van der Waals surface area contributed by atoms with Crippen molar-refractivity contribution in [3.8, 4) is 0 Å². The summed E-state index contributed by atoms with van der Waals surface area (Å²) >= 11 is 0. The van der Waals surface area contributed by atoms with Crippen LogP contribution in [0.2, 0.25) is 0 Å². The Morgan fingerprint density at radius 3 is 2.60 bits per heavy atom. The minimum atomic E-state index is 0.541. The quantitative estimate of drug-likeness (QED) is 0.409. The number of hydrogen-bond donors (Lipinski definition) is 2. The molecule has 3 fully saturated rings. The van der Waals surface area contributed by atoms with Crippen LogP contribution in [0.25, 0.3) is 0 Å². The molecule has 1 atom stereocenters. The Morgan fingerprint density at radius 1 is 1.20 bits per heavy atom. The molecule has 3 aliphatic rings. The number of fused-ring (bicyclic) bond motifs is 3. The average Bonchev–Trinajstić information content (AvgIpc) is 2.96. The summed E-state index contributed by atoms with van der Waals surface area (Å²) in [7, 11) is 1.98. The molecule has 0 aliphatic carbocycles. The third-order valence-corrected chi connectivity index (χ3v) is 5.28. The lowest BCUT2D eigenvalue weighted by Gasteiger charge is -2.47. The van der Waals surface area contributed by atoms with Gasteiger partial charge in [0.1, 0.15) is 12.4 Å². The summed E-state index contributed by atoms with van der Waals surface area (Å²) in [5.74, 6) is 2.69. The van der Waals surface area contributed by atoms with E-state index in [1.807, 2.05) is 18.5 Å². The summed E-state index contributed by atoms with van der Waals surface area (Å²) in [4.78, 5) is 9.89. The lowest BCUT2D eigenvalue weighted by molar-refractivity contribution is 0.0154. The molecule has 8 nitrogen and oxygen atoms in total. The monoisotopic (exact) mass is 348 g/mol. The number of nitrogens with zero attached hydrogens (tertiary/aromatic N) is 6. The Morgan fingerprint density at radius 2 is 2.00 bits per heavy atom. The molecule has 3 aliphatic heterocycles. The smallest absolute Gasteiger partial charge is 0.191 e. The molecular formula is C17H32N8. The minimum absolute atomic E-state index is 0.541. The SMILES string of the molecule is CCCCNC(=NCc1nnc(C)n1C)NCC1CN2CCN1CC2. The number of aliphatic imine (C=N–C) groups is 1. The lowest BCUT2D eigenvalue weighted by Crippen LogP contribution is -2.63. The van der Waals surface area contributed by atoms with Gasteiger partial charge in [-0.05, 0) is 13.3 Å². The van der Waals surface area contributed by atoms with Gasteiger partial charge in [-0.25, -0.2) is 4.99 Å². The van der Waals surface area contributed by atoms with E-state index in [1.54, 1.807) is 0 Å². The molecule has 1 aromatic heterocycles. The molecule has 25 heavy (non-hydrogen) atoms. The molecule has 1 unspecified atom stereocenters. The molecular weight excluding hydrogens is 316 g/mol. The van der Waals surface area contributed by atoms with Crippen molar-refractivity contribution in [1.82, 2.24) is 35.2 Å². The zero-order valence-corrected chi connectivity index (χ0v) is 15.8. The molecule has 0 radical (unpaired) electrons. The maximum Gasteiger partial charge on any atom is 0.191 e. The Balaban J connectivity index is 1.56. The summed E-state index contributed by atoms with van der Waals surface area (Å²) in [5, 5.41) is 15.3. The van der Waals surface area contributed by atoms with Crippen LogP contribution in [0.5, 0.6) is 0 Å². The summed E-state index contributed by atoms with van der Waals surface area (Å²) in [5.41, 5.74) is 0. The van der Waals surface area contributed by atoms with Gasteiger partial charge < -0.3 is 15.2 Å². The molecule has 140 valence electrons. The van der Waals surface area contributed by atoms with Gasteiger partial charge in [0.25, 0.3) is 0 Å². The molecule has 0 spiro atoms. The Hall–Kier alpha value is -1.67. The lowest BCUT2D eigenvalue weighted by atomic mass is 10.1. The van der Waals surface area contributed by atoms with Gasteiger partial charge in [-0.2, -0.15) is 0 Å². The highest BCUT2D eigenvalue weighted by molar-refractivity contribution is 5.79. The van der Waals surface area contributed by atoms with Crippen molar-refractivity contribution >= 4 is 5.96 Å². The van der Waals surface area contributed by atoms with E-state index in [0.29, 0.717) is 12.6 Å². The maximum absolute atomic E-state index is 4.73. The molecule has 8 heteroatoms. The van der Waals surface area contributed by atoms with Gasteiger partial charge in [0.05, 0.1) is 0 Å². The van der Waals surface area contributed by atoms with Crippen LogP contribution in [0.1, 0.15) is 31.4 Å². The van der Waals surface area contributed by atoms with Gasteiger partial charge in [-0.3, -0.25) is 9.80 Å². The molecule has 4 heterocycles. The fourth-order valence-corrected chi connectivity index (χ4v) is 3.43. The van der Waals surface area contributed by atoms with Crippen molar-refractivity contribution in [3.05, 3.63) is 11.6 Å². The largest absolute Gasteiger partial charge is 0.356 e. The summed E-state index contributed by atoms with van der Waals surface area (Å²) in [6.07, 6.45) is 2.32. The van der Waals surface area contributed by atoms with Gasteiger partial charge in [0.2, 0.25) is 0 Å². The highest BCUT2D eigenvalue weighted by Gasteiger charge is 2.31.